The molecule has 1 unspecified atom stereocenters. The SMILES string of the molecule is CCNC(C)c1ccc2c(c1)OCCO2. The van der Waals surface area contributed by atoms with Gasteiger partial charge in [-0.1, -0.05) is 13.0 Å². The highest BCUT2D eigenvalue weighted by Crippen LogP contribution is 2.32. The summed E-state index contributed by atoms with van der Waals surface area (Å²) >= 11 is 0. The quantitative estimate of drug-likeness (QED) is 0.823. The molecule has 0 amide bonds. The summed E-state index contributed by atoms with van der Waals surface area (Å²) in [6, 6.07) is 6.48. The van der Waals surface area contributed by atoms with Gasteiger partial charge in [0.2, 0.25) is 0 Å². The van der Waals surface area contributed by atoms with Gasteiger partial charge in [0.15, 0.2) is 11.5 Å². The van der Waals surface area contributed by atoms with Crippen LogP contribution < -0.4 is 14.8 Å². The Labute approximate surface area is 90.4 Å². The van der Waals surface area contributed by atoms with Gasteiger partial charge in [-0.05, 0) is 31.2 Å². The third-order valence-electron chi connectivity index (χ3n) is 2.58. The molecule has 0 saturated heterocycles. The van der Waals surface area contributed by atoms with Gasteiger partial charge in [-0.2, -0.15) is 0 Å². The first kappa shape index (κ1) is 10.3. The van der Waals surface area contributed by atoms with E-state index in [0.29, 0.717) is 19.3 Å². The first-order valence-electron chi connectivity index (χ1n) is 5.44. The minimum Gasteiger partial charge on any atom is -0.486 e. The third-order valence-corrected chi connectivity index (χ3v) is 2.58. The number of benzene rings is 1. The Morgan fingerprint density at radius 3 is 2.73 bits per heavy atom. The van der Waals surface area contributed by atoms with E-state index in [2.05, 4.69) is 31.3 Å². The van der Waals surface area contributed by atoms with E-state index in [0.717, 1.165) is 18.0 Å². The molecule has 3 heteroatoms. The molecule has 0 bridgehead atoms. The standard InChI is InChI=1S/C12H17NO2/c1-3-13-9(2)10-4-5-11-12(8-10)15-7-6-14-11/h4-5,8-9,13H,3,6-7H2,1-2H3. The largest absolute Gasteiger partial charge is 0.486 e. The Morgan fingerprint density at radius 2 is 2.00 bits per heavy atom. The molecule has 0 fully saturated rings. The van der Waals surface area contributed by atoms with E-state index in [-0.39, 0.29) is 0 Å². The molecule has 0 saturated carbocycles. The molecular weight excluding hydrogens is 190 g/mol. The highest BCUT2D eigenvalue weighted by molar-refractivity contribution is 5.44. The molecule has 3 nitrogen and oxygen atoms in total. The van der Waals surface area contributed by atoms with Gasteiger partial charge in [0.25, 0.3) is 0 Å². The van der Waals surface area contributed by atoms with Crippen molar-refractivity contribution in [1.29, 1.82) is 0 Å². The molecule has 15 heavy (non-hydrogen) atoms. The van der Waals surface area contributed by atoms with Gasteiger partial charge in [0, 0.05) is 6.04 Å². The highest BCUT2D eigenvalue weighted by atomic mass is 16.6. The Bertz CT molecular complexity index is 338. The number of nitrogens with one attached hydrogen (secondary N) is 1. The molecular formula is C12H17NO2. The minimum absolute atomic E-state index is 0.353. The van der Waals surface area contributed by atoms with Crippen molar-refractivity contribution in [2.45, 2.75) is 19.9 Å². The molecule has 2 rings (SSSR count). The van der Waals surface area contributed by atoms with Crippen LogP contribution >= 0.6 is 0 Å². The van der Waals surface area contributed by atoms with E-state index < -0.39 is 0 Å². The highest BCUT2D eigenvalue weighted by Gasteiger charge is 2.13. The molecule has 1 aliphatic rings. The van der Waals surface area contributed by atoms with Crippen molar-refractivity contribution in [1.82, 2.24) is 5.32 Å². The lowest BCUT2D eigenvalue weighted by molar-refractivity contribution is 0.171. The molecule has 0 aromatic heterocycles. The van der Waals surface area contributed by atoms with E-state index in [1.807, 2.05) is 6.07 Å². The Kier molecular flexibility index (Phi) is 3.11. The first-order chi connectivity index (χ1) is 7.31. The van der Waals surface area contributed by atoms with E-state index in [1.54, 1.807) is 0 Å². The Balaban J connectivity index is 2.20. The van der Waals surface area contributed by atoms with E-state index in [4.69, 9.17) is 9.47 Å². The van der Waals surface area contributed by atoms with Crippen molar-refractivity contribution in [2.75, 3.05) is 19.8 Å². The van der Waals surface area contributed by atoms with E-state index >= 15 is 0 Å². The lowest BCUT2D eigenvalue weighted by Gasteiger charge is -2.20. The number of fused-ring (bicyclic) bond motifs is 1. The number of hydrogen-bond donors (Lipinski definition) is 1. The van der Waals surface area contributed by atoms with E-state index in [1.165, 1.54) is 5.56 Å². The van der Waals surface area contributed by atoms with Crippen LogP contribution in [-0.2, 0) is 0 Å². The summed E-state index contributed by atoms with van der Waals surface area (Å²) in [5.74, 6) is 1.72. The van der Waals surface area contributed by atoms with Crippen LogP contribution in [0.5, 0.6) is 11.5 Å². The summed E-state index contributed by atoms with van der Waals surface area (Å²) in [4.78, 5) is 0. The second-order valence-electron chi connectivity index (χ2n) is 3.68. The predicted octanol–water partition coefficient (Wildman–Crippen LogP) is 2.13. The van der Waals surface area contributed by atoms with Crippen molar-refractivity contribution in [3.8, 4) is 11.5 Å². The normalized spacial score (nSPS) is 16.1. The molecule has 1 atom stereocenters. The van der Waals surface area contributed by atoms with Gasteiger partial charge < -0.3 is 14.8 Å². The zero-order valence-electron chi connectivity index (χ0n) is 9.25. The average molecular weight is 207 g/mol. The number of hydrogen-bond acceptors (Lipinski definition) is 3. The third kappa shape index (κ3) is 2.23. The second kappa shape index (κ2) is 4.53. The average Bonchev–Trinajstić information content (AvgIpc) is 2.29. The van der Waals surface area contributed by atoms with Gasteiger partial charge in [-0.3, -0.25) is 0 Å². The van der Waals surface area contributed by atoms with Crippen LogP contribution in [-0.4, -0.2) is 19.8 Å². The Morgan fingerprint density at radius 1 is 1.27 bits per heavy atom. The molecule has 1 aromatic carbocycles. The Hall–Kier alpha value is -1.22. The van der Waals surface area contributed by atoms with Crippen molar-refractivity contribution in [2.24, 2.45) is 0 Å². The zero-order chi connectivity index (χ0) is 10.7. The fourth-order valence-corrected chi connectivity index (χ4v) is 1.75. The molecule has 0 spiro atoms. The van der Waals surface area contributed by atoms with Crippen molar-refractivity contribution in [3.05, 3.63) is 23.8 Å². The van der Waals surface area contributed by atoms with Gasteiger partial charge in [0.1, 0.15) is 13.2 Å². The lowest BCUT2D eigenvalue weighted by atomic mass is 10.1. The van der Waals surface area contributed by atoms with Crippen LogP contribution in [0.3, 0.4) is 0 Å². The molecule has 1 aliphatic heterocycles. The predicted molar refractivity (Wildman–Crippen MR) is 59.5 cm³/mol. The first-order valence-corrected chi connectivity index (χ1v) is 5.44. The maximum absolute atomic E-state index is 5.54. The maximum Gasteiger partial charge on any atom is 0.161 e. The number of rotatable bonds is 3. The summed E-state index contributed by atoms with van der Waals surface area (Å²) in [7, 11) is 0. The monoisotopic (exact) mass is 207 g/mol. The van der Waals surface area contributed by atoms with Gasteiger partial charge in [0.05, 0.1) is 0 Å². The van der Waals surface area contributed by atoms with Crippen molar-refractivity contribution >= 4 is 0 Å². The molecule has 0 radical (unpaired) electrons. The summed E-state index contributed by atoms with van der Waals surface area (Å²) in [6.45, 7) is 6.51. The summed E-state index contributed by atoms with van der Waals surface area (Å²) < 4.78 is 11.0. The zero-order valence-corrected chi connectivity index (χ0v) is 9.25. The smallest absolute Gasteiger partial charge is 0.161 e. The van der Waals surface area contributed by atoms with Crippen LogP contribution in [0, 0.1) is 0 Å². The second-order valence-corrected chi connectivity index (χ2v) is 3.68. The van der Waals surface area contributed by atoms with Crippen LogP contribution in [0.4, 0.5) is 0 Å². The van der Waals surface area contributed by atoms with Crippen molar-refractivity contribution < 1.29 is 9.47 Å². The van der Waals surface area contributed by atoms with E-state index in [9.17, 15) is 0 Å². The topological polar surface area (TPSA) is 30.5 Å². The van der Waals surface area contributed by atoms with Crippen LogP contribution in [0.15, 0.2) is 18.2 Å². The van der Waals surface area contributed by atoms with Gasteiger partial charge in [-0.25, -0.2) is 0 Å². The fourth-order valence-electron chi connectivity index (χ4n) is 1.75. The molecule has 0 aliphatic carbocycles. The number of ether oxygens (including phenoxy) is 2. The van der Waals surface area contributed by atoms with Crippen LogP contribution in [0.1, 0.15) is 25.5 Å². The lowest BCUT2D eigenvalue weighted by Crippen LogP contribution is -2.19. The molecule has 1 N–H and O–H groups in total. The van der Waals surface area contributed by atoms with Crippen LogP contribution in [0.2, 0.25) is 0 Å². The summed E-state index contributed by atoms with van der Waals surface area (Å²) in [5, 5.41) is 3.37. The maximum atomic E-state index is 5.54. The minimum atomic E-state index is 0.353. The summed E-state index contributed by atoms with van der Waals surface area (Å²) in [6.07, 6.45) is 0. The van der Waals surface area contributed by atoms with Gasteiger partial charge in [-0.15, -0.1) is 0 Å². The van der Waals surface area contributed by atoms with Gasteiger partial charge >= 0.3 is 0 Å². The fraction of sp³-hybridized carbons (Fsp3) is 0.500. The molecule has 1 heterocycles. The van der Waals surface area contributed by atoms with Crippen LogP contribution in [0.25, 0.3) is 0 Å². The molecule has 1 aromatic rings. The van der Waals surface area contributed by atoms with Crippen molar-refractivity contribution in [3.63, 3.8) is 0 Å². The summed E-state index contributed by atoms with van der Waals surface area (Å²) in [5.41, 5.74) is 1.24. The molecule has 82 valence electrons.